The first-order valence-electron chi connectivity index (χ1n) is 5.69. The van der Waals surface area contributed by atoms with Gasteiger partial charge in [0.2, 0.25) is 0 Å². The Morgan fingerprint density at radius 1 is 1.39 bits per heavy atom. The minimum atomic E-state index is -1.07. The smallest absolute Gasteiger partial charge is 0.335 e. The number of carbonyl (C=O) groups excluding carboxylic acids is 1. The van der Waals surface area contributed by atoms with Crippen molar-refractivity contribution in [2.75, 3.05) is 12.5 Å². The maximum Gasteiger partial charge on any atom is 0.335 e. The second kappa shape index (κ2) is 7.01. The highest BCUT2D eigenvalue weighted by atomic mass is 35.5. The van der Waals surface area contributed by atoms with Crippen molar-refractivity contribution in [2.45, 2.75) is 19.8 Å². The number of alkyl halides is 1. The zero-order valence-corrected chi connectivity index (χ0v) is 10.9. The fourth-order valence-electron chi connectivity index (χ4n) is 1.52. The Kier molecular flexibility index (Phi) is 5.65. The summed E-state index contributed by atoms with van der Waals surface area (Å²) < 4.78 is 5.33. The van der Waals surface area contributed by atoms with Gasteiger partial charge in [-0.3, -0.25) is 4.79 Å². The number of benzene rings is 1. The molecule has 18 heavy (non-hydrogen) atoms. The zero-order chi connectivity index (χ0) is 13.5. The Morgan fingerprint density at radius 3 is 2.67 bits per heavy atom. The summed E-state index contributed by atoms with van der Waals surface area (Å²) in [6.45, 7) is 2.22. The van der Waals surface area contributed by atoms with Crippen LogP contribution in [0.5, 0.6) is 5.75 Å². The molecule has 0 atom stereocenters. The molecule has 0 aromatic heterocycles. The van der Waals surface area contributed by atoms with Crippen molar-refractivity contribution in [1.82, 2.24) is 0 Å². The molecule has 0 heterocycles. The molecule has 1 N–H and O–H groups in total. The van der Waals surface area contributed by atoms with Crippen LogP contribution in [-0.2, 0) is 0 Å². The summed E-state index contributed by atoms with van der Waals surface area (Å²) in [5.41, 5.74) is 0.384. The maximum absolute atomic E-state index is 11.9. The number of ether oxygens (including phenoxy) is 1. The number of hydrogen-bond donors (Lipinski definition) is 1. The van der Waals surface area contributed by atoms with Crippen LogP contribution in [0.3, 0.4) is 0 Å². The Labute approximate surface area is 111 Å². The Morgan fingerprint density at radius 2 is 2.11 bits per heavy atom. The average Bonchev–Trinajstić information content (AvgIpc) is 2.36. The van der Waals surface area contributed by atoms with Crippen molar-refractivity contribution < 1.29 is 19.4 Å². The van der Waals surface area contributed by atoms with E-state index in [1.54, 1.807) is 6.92 Å². The van der Waals surface area contributed by atoms with Crippen LogP contribution in [0.1, 0.15) is 40.5 Å². The number of halogens is 1. The first kappa shape index (κ1) is 14.5. The van der Waals surface area contributed by atoms with E-state index in [1.807, 2.05) is 0 Å². The Bertz CT molecular complexity index is 443. The van der Waals surface area contributed by atoms with Crippen molar-refractivity contribution in [3.63, 3.8) is 0 Å². The molecule has 0 bridgehead atoms. The lowest BCUT2D eigenvalue weighted by Gasteiger charge is -2.10. The number of carbonyl (C=O) groups is 2. The number of aromatic carboxylic acids is 1. The maximum atomic E-state index is 11.9. The molecule has 1 rings (SSSR count). The molecule has 0 unspecified atom stereocenters. The SMILES string of the molecule is CCOc1ccc(C(=O)O)cc1C(=O)CCCCl. The van der Waals surface area contributed by atoms with Crippen molar-refractivity contribution in [1.29, 1.82) is 0 Å². The first-order chi connectivity index (χ1) is 8.60. The molecular weight excluding hydrogens is 256 g/mol. The predicted octanol–water partition coefficient (Wildman–Crippen LogP) is 2.99. The molecule has 1 aromatic rings. The molecule has 0 amide bonds. The minimum absolute atomic E-state index is 0.0766. The van der Waals surface area contributed by atoms with Gasteiger partial charge in [-0.25, -0.2) is 4.79 Å². The van der Waals surface area contributed by atoms with Crippen LogP contribution in [0.15, 0.2) is 18.2 Å². The zero-order valence-electron chi connectivity index (χ0n) is 10.1. The van der Waals surface area contributed by atoms with Crippen molar-refractivity contribution in [3.8, 4) is 5.75 Å². The summed E-state index contributed by atoms with van der Waals surface area (Å²) >= 11 is 5.54. The number of carboxylic acids is 1. The molecule has 4 nitrogen and oxygen atoms in total. The third kappa shape index (κ3) is 3.74. The number of carboxylic acid groups (broad SMARTS) is 1. The fraction of sp³-hybridized carbons (Fsp3) is 0.385. The van der Waals surface area contributed by atoms with Gasteiger partial charge in [0, 0.05) is 12.3 Å². The van der Waals surface area contributed by atoms with Gasteiger partial charge in [0.05, 0.1) is 17.7 Å². The van der Waals surface area contributed by atoms with Gasteiger partial charge in [0.25, 0.3) is 0 Å². The lowest BCUT2D eigenvalue weighted by Crippen LogP contribution is -2.07. The third-order valence-corrected chi connectivity index (χ3v) is 2.63. The van der Waals surface area contributed by atoms with Gasteiger partial charge in [0.1, 0.15) is 5.75 Å². The molecule has 0 saturated carbocycles. The van der Waals surface area contributed by atoms with Crippen molar-refractivity contribution in [3.05, 3.63) is 29.3 Å². The monoisotopic (exact) mass is 270 g/mol. The molecule has 5 heteroatoms. The summed E-state index contributed by atoms with van der Waals surface area (Å²) in [5.74, 6) is -0.400. The molecule has 0 aliphatic heterocycles. The highest BCUT2D eigenvalue weighted by Crippen LogP contribution is 2.22. The van der Waals surface area contributed by atoms with Crippen LogP contribution in [0.4, 0.5) is 0 Å². The standard InChI is InChI=1S/C13H15ClO4/c1-2-18-12-6-5-9(13(16)17)8-10(12)11(15)4-3-7-14/h5-6,8H,2-4,7H2,1H3,(H,16,17). The number of Topliss-reactive ketones (excluding diaryl/α,β-unsaturated/α-hetero) is 1. The van der Waals surface area contributed by atoms with Gasteiger partial charge < -0.3 is 9.84 Å². The quantitative estimate of drug-likeness (QED) is 0.611. The Hall–Kier alpha value is -1.55. The Balaban J connectivity index is 3.06. The summed E-state index contributed by atoms with van der Waals surface area (Å²) in [5, 5.41) is 8.91. The van der Waals surface area contributed by atoms with Gasteiger partial charge in [-0.1, -0.05) is 0 Å². The summed E-state index contributed by atoms with van der Waals surface area (Å²) in [7, 11) is 0. The number of hydrogen-bond acceptors (Lipinski definition) is 3. The number of ketones is 1. The van der Waals surface area contributed by atoms with E-state index in [2.05, 4.69) is 0 Å². The van der Waals surface area contributed by atoms with E-state index in [0.717, 1.165) is 0 Å². The largest absolute Gasteiger partial charge is 0.493 e. The second-order valence-corrected chi connectivity index (χ2v) is 4.04. The molecule has 0 saturated heterocycles. The lowest BCUT2D eigenvalue weighted by atomic mass is 10.0. The summed E-state index contributed by atoms with van der Waals surface area (Å²) in [4.78, 5) is 22.8. The summed E-state index contributed by atoms with van der Waals surface area (Å²) in [6, 6.07) is 4.29. The normalized spacial score (nSPS) is 10.1. The molecule has 0 fully saturated rings. The predicted molar refractivity (Wildman–Crippen MR) is 68.9 cm³/mol. The van der Waals surface area contributed by atoms with Gasteiger partial charge in [0.15, 0.2) is 5.78 Å². The van der Waals surface area contributed by atoms with Gasteiger partial charge in [-0.15, -0.1) is 11.6 Å². The van der Waals surface area contributed by atoms with E-state index in [1.165, 1.54) is 18.2 Å². The fourth-order valence-corrected chi connectivity index (χ4v) is 1.66. The topological polar surface area (TPSA) is 63.6 Å². The molecule has 0 radical (unpaired) electrons. The molecule has 0 spiro atoms. The van der Waals surface area contributed by atoms with Crippen LogP contribution < -0.4 is 4.74 Å². The van der Waals surface area contributed by atoms with E-state index >= 15 is 0 Å². The van der Waals surface area contributed by atoms with E-state index in [0.29, 0.717) is 30.2 Å². The molecular formula is C13H15ClO4. The molecule has 0 aliphatic carbocycles. The molecule has 98 valence electrons. The van der Waals surface area contributed by atoms with E-state index in [4.69, 9.17) is 21.4 Å². The highest BCUT2D eigenvalue weighted by molar-refractivity contribution is 6.18. The highest BCUT2D eigenvalue weighted by Gasteiger charge is 2.15. The van der Waals surface area contributed by atoms with Gasteiger partial charge >= 0.3 is 5.97 Å². The van der Waals surface area contributed by atoms with E-state index < -0.39 is 5.97 Å². The first-order valence-corrected chi connectivity index (χ1v) is 6.23. The van der Waals surface area contributed by atoms with Crippen molar-refractivity contribution in [2.24, 2.45) is 0 Å². The van der Waals surface area contributed by atoms with Crippen LogP contribution in [0, 0.1) is 0 Å². The third-order valence-electron chi connectivity index (χ3n) is 2.36. The summed E-state index contributed by atoms with van der Waals surface area (Å²) in [6.07, 6.45) is 0.843. The van der Waals surface area contributed by atoms with E-state index in [-0.39, 0.29) is 17.8 Å². The van der Waals surface area contributed by atoms with Crippen LogP contribution in [0.25, 0.3) is 0 Å². The van der Waals surface area contributed by atoms with Gasteiger partial charge in [-0.2, -0.15) is 0 Å². The van der Waals surface area contributed by atoms with Gasteiger partial charge in [-0.05, 0) is 31.5 Å². The second-order valence-electron chi connectivity index (χ2n) is 3.66. The average molecular weight is 271 g/mol. The minimum Gasteiger partial charge on any atom is -0.493 e. The van der Waals surface area contributed by atoms with Crippen LogP contribution in [-0.4, -0.2) is 29.3 Å². The number of rotatable bonds is 7. The lowest BCUT2D eigenvalue weighted by molar-refractivity contribution is 0.0697. The molecule has 0 aliphatic rings. The molecule has 1 aromatic carbocycles. The van der Waals surface area contributed by atoms with Crippen molar-refractivity contribution >= 4 is 23.4 Å². The van der Waals surface area contributed by atoms with E-state index in [9.17, 15) is 9.59 Å². The van der Waals surface area contributed by atoms with Crippen LogP contribution >= 0.6 is 11.6 Å². The van der Waals surface area contributed by atoms with Crippen LogP contribution in [0.2, 0.25) is 0 Å².